The molecule has 0 radical (unpaired) electrons. The van der Waals surface area contributed by atoms with E-state index in [1.54, 1.807) is 4.90 Å². The second-order valence-electron chi connectivity index (χ2n) is 3.17. The zero-order valence-electron chi connectivity index (χ0n) is 7.73. The maximum atomic E-state index is 11.4. The van der Waals surface area contributed by atoms with Crippen LogP contribution in [0.5, 0.6) is 0 Å². The first-order chi connectivity index (χ1) is 6.83. The van der Waals surface area contributed by atoms with Crippen LogP contribution in [-0.2, 0) is 6.61 Å². The molecule has 1 aromatic rings. The van der Waals surface area contributed by atoms with E-state index < -0.39 is 0 Å². The Balaban J connectivity index is 2.35. The molecule has 1 aliphatic heterocycles. The molecule has 1 fully saturated rings. The molecule has 4 nitrogen and oxygen atoms in total. The number of hydrogen-bond acceptors (Lipinski definition) is 2. The van der Waals surface area contributed by atoms with Crippen LogP contribution in [0.3, 0.4) is 0 Å². The van der Waals surface area contributed by atoms with Crippen LogP contribution >= 0.6 is 0 Å². The maximum absolute atomic E-state index is 11.4. The summed E-state index contributed by atoms with van der Waals surface area (Å²) in [6.45, 7) is 1.29. The van der Waals surface area contributed by atoms with Gasteiger partial charge in [0.1, 0.15) is 0 Å². The van der Waals surface area contributed by atoms with Gasteiger partial charge < -0.3 is 10.4 Å². The lowest BCUT2D eigenvalue weighted by Crippen LogP contribution is -2.28. The summed E-state index contributed by atoms with van der Waals surface area (Å²) in [5.41, 5.74) is 1.58. The van der Waals surface area contributed by atoms with Gasteiger partial charge in [-0.3, -0.25) is 4.90 Å². The van der Waals surface area contributed by atoms with Crippen molar-refractivity contribution in [1.82, 2.24) is 5.32 Å². The second kappa shape index (κ2) is 3.67. The summed E-state index contributed by atoms with van der Waals surface area (Å²) in [7, 11) is 0. The normalized spacial score (nSPS) is 15.8. The van der Waals surface area contributed by atoms with Gasteiger partial charge in [-0.2, -0.15) is 0 Å². The van der Waals surface area contributed by atoms with Crippen molar-refractivity contribution < 1.29 is 9.90 Å². The van der Waals surface area contributed by atoms with Gasteiger partial charge >= 0.3 is 6.03 Å². The highest BCUT2D eigenvalue weighted by Crippen LogP contribution is 2.21. The zero-order valence-corrected chi connectivity index (χ0v) is 7.73. The second-order valence-corrected chi connectivity index (χ2v) is 3.17. The van der Waals surface area contributed by atoms with Gasteiger partial charge in [0.2, 0.25) is 0 Å². The predicted molar refractivity (Wildman–Crippen MR) is 53.1 cm³/mol. The molecule has 1 aliphatic rings. The Bertz CT molecular complexity index is 352. The lowest BCUT2D eigenvalue weighted by atomic mass is 10.2. The SMILES string of the molecule is O=C1NCCN1c1ccccc1CO. The standard InChI is InChI=1S/C10H12N2O2/c13-7-8-3-1-2-4-9(8)12-6-5-11-10(12)14/h1-4,13H,5-7H2,(H,11,14). The van der Waals surface area contributed by atoms with Crippen molar-refractivity contribution in [2.45, 2.75) is 6.61 Å². The van der Waals surface area contributed by atoms with Crippen LogP contribution in [-0.4, -0.2) is 24.2 Å². The number of nitrogens with one attached hydrogen (secondary N) is 1. The van der Waals surface area contributed by atoms with Crippen LogP contribution in [0, 0.1) is 0 Å². The van der Waals surface area contributed by atoms with E-state index in [2.05, 4.69) is 5.32 Å². The van der Waals surface area contributed by atoms with E-state index in [0.29, 0.717) is 13.1 Å². The van der Waals surface area contributed by atoms with Crippen LogP contribution in [0.2, 0.25) is 0 Å². The molecule has 0 aliphatic carbocycles. The molecular weight excluding hydrogens is 180 g/mol. The average Bonchev–Trinajstić information content (AvgIpc) is 2.64. The van der Waals surface area contributed by atoms with E-state index in [1.165, 1.54) is 0 Å². The minimum Gasteiger partial charge on any atom is -0.392 e. The van der Waals surface area contributed by atoms with Crippen molar-refractivity contribution in [1.29, 1.82) is 0 Å². The fraction of sp³-hybridized carbons (Fsp3) is 0.300. The number of rotatable bonds is 2. The summed E-state index contributed by atoms with van der Waals surface area (Å²) in [4.78, 5) is 13.0. The number of carbonyl (C=O) groups excluding carboxylic acids is 1. The molecule has 0 bridgehead atoms. The summed E-state index contributed by atoms with van der Waals surface area (Å²) in [5, 5.41) is 11.8. The Hall–Kier alpha value is -1.55. The number of amides is 2. The van der Waals surface area contributed by atoms with Crippen LogP contribution in [0.15, 0.2) is 24.3 Å². The van der Waals surface area contributed by atoms with Crippen molar-refractivity contribution in [2.75, 3.05) is 18.0 Å². The average molecular weight is 192 g/mol. The van der Waals surface area contributed by atoms with Gasteiger partial charge in [0, 0.05) is 18.7 Å². The van der Waals surface area contributed by atoms with Gasteiger partial charge in [-0.25, -0.2) is 4.79 Å². The van der Waals surface area contributed by atoms with Gasteiger partial charge in [-0.05, 0) is 6.07 Å². The molecule has 0 aromatic heterocycles. The molecule has 0 saturated carbocycles. The minimum absolute atomic E-state index is 0.0417. The summed E-state index contributed by atoms with van der Waals surface area (Å²) >= 11 is 0. The fourth-order valence-corrected chi connectivity index (χ4v) is 1.61. The Morgan fingerprint density at radius 2 is 2.21 bits per heavy atom. The number of aliphatic hydroxyl groups excluding tert-OH is 1. The lowest BCUT2D eigenvalue weighted by Gasteiger charge is -2.17. The number of benzene rings is 1. The summed E-state index contributed by atoms with van der Waals surface area (Å²) in [6.07, 6.45) is 0. The molecule has 4 heteroatoms. The highest BCUT2D eigenvalue weighted by Gasteiger charge is 2.22. The summed E-state index contributed by atoms with van der Waals surface area (Å²) in [5.74, 6) is 0. The number of hydrogen-bond donors (Lipinski definition) is 2. The first kappa shape index (κ1) is 9.02. The van der Waals surface area contributed by atoms with Crippen LogP contribution in [0.4, 0.5) is 10.5 Å². The molecule has 0 atom stereocenters. The van der Waals surface area contributed by atoms with Gasteiger partial charge in [-0.1, -0.05) is 18.2 Å². The van der Waals surface area contributed by atoms with Crippen molar-refractivity contribution in [2.24, 2.45) is 0 Å². The predicted octanol–water partition coefficient (Wildman–Crippen LogP) is 0.709. The van der Waals surface area contributed by atoms with Crippen LogP contribution in [0.1, 0.15) is 5.56 Å². The highest BCUT2D eigenvalue weighted by atomic mass is 16.3. The van der Waals surface area contributed by atoms with E-state index in [9.17, 15) is 4.79 Å². The van der Waals surface area contributed by atoms with Gasteiger partial charge in [0.05, 0.1) is 12.3 Å². The van der Waals surface area contributed by atoms with Crippen molar-refractivity contribution >= 4 is 11.7 Å². The van der Waals surface area contributed by atoms with E-state index >= 15 is 0 Å². The van der Waals surface area contributed by atoms with Crippen molar-refractivity contribution in [3.63, 3.8) is 0 Å². The molecule has 1 saturated heterocycles. The molecule has 2 amide bonds. The Kier molecular flexibility index (Phi) is 2.37. The maximum Gasteiger partial charge on any atom is 0.322 e. The number of carbonyl (C=O) groups is 1. The van der Waals surface area contributed by atoms with E-state index in [0.717, 1.165) is 11.3 Å². The minimum atomic E-state index is -0.0918. The third-order valence-corrected chi connectivity index (χ3v) is 2.31. The number of aliphatic hydroxyl groups is 1. The highest BCUT2D eigenvalue weighted by molar-refractivity contribution is 5.94. The van der Waals surface area contributed by atoms with Gasteiger partial charge in [0.15, 0.2) is 0 Å². The lowest BCUT2D eigenvalue weighted by molar-refractivity contribution is 0.252. The first-order valence-corrected chi connectivity index (χ1v) is 4.57. The molecule has 74 valence electrons. The van der Waals surface area contributed by atoms with Gasteiger partial charge in [-0.15, -0.1) is 0 Å². The number of urea groups is 1. The molecule has 2 rings (SSSR count). The molecular formula is C10H12N2O2. The van der Waals surface area contributed by atoms with Crippen molar-refractivity contribution in [3.8, 4) is 0 Å². The number of para-hydroxylation sites is 1. The Morgan fingerprint density at radius 3 is 2.86 bits per heavy atom. The van der Waals surface area contributed by atoms with Crippen LogP contribution < -0.4 is 10.2 Å². The zero-order chi connectivity index (χ0) is 9.97. The third kappa shape index (κ3) is 1.44. The van der Waals surface area contributed by atoms with Gasteiger partial charge in [0.25, 0.3) is 0 Å². The number of nitrogens with zero attached hydrogens (tertiary/aromatic N) is 1. The summed E-state index contributed by atoms with van der Waals surface area (Å²) < 4.78 is 0. The Morgan fingerprint density at radius 1 is 1.43 bits per heavy atom. The molecule has 0 unspecified atom stereocenters. The van der Waals surface area contributed by atoms with Crippen LogP contribution in [0.25, 0.3) is 0 Å². The van der Waals surface area contributed by atoms with E-state index in [-0.39, 0.29) is 12.6 Å². The quantitative estimate of drug-likeness (QED) is 0.725. The third-order valence-electron chi connectivity index (χ3n) is 2.31. The van der Waals surface area contributed by atoms with E-state index in [1.807, 2.05) is 24.3 Å². The fourth-order valence-electron chi connectivity index (χ4n) is 1.61. The summed E-state index contributed by atoms with van der Waals surface area (Å²) in [6, 6.07) is 7.28. The molecule has 1 heterocycles. The topological polar surface area (TPSA) is 52.6 Å². The Labute approximate surface area is 82.2 Å². The largest absolute Gasteiger partial charge is 0.392 e. The molecule has 0 spiro atoms. The van der Waals surface area contributed by atoms with E-state index in [4.69, 9.17) is 5.11 Å². The monoisotopic (exact) mass is 192 g/mol. The molecule has 14 heavy (non-hydrogen) atoms. The first-order valence-electron chi connectivity index (χ1n) is 4.57. The number of anilines is 1. The molecule has 2 N–H and O–H groups in total. The molecule has 1 aromatic carbocycles. The van der Waals surface area contributed by atoms with Crippen molar-refractivity contribution in [3.05, 3.63) is 29.8 Å². The smallest absolute Gasteiger partial charge is 0.322 e.